The van der Waals surface area contributed by atoms with Crippen molar-refractivity contribution in [3.63, 3.8) is 0 Å². The van der Waals surface area contributed by atoms with Crippen LogP contribution in [-0.4, -0.2) is 20.0 Å². The standard InChI is InChI=1S/C16H8N4O6/c21-19(22)11-3-1-9(2-4-11)15-17-18-16(26-15)14-8-10-7-12(20(23)24)5-6-13(10)25-14/h1-8H. The summed E-state index contributed by atoms with van der Waals surface area (Å²) in [6.45, 7) is 0. The van der Waals surface area contributed by atoms with Crippen LogP contribution in [0.15, 0.2) is 57.4 Å². The number of hydrogen-bond acceptors (Lipinski definition) is 8. The highest BCUT2D eigenvalue weighted by Crippen LogP contribution is 2.31. The Bertz CT molecular complexity index is 1150. The van der Waals surface area contributed by atoms with Gasteiger partial charge in [0.25, 0.3) is 17.3 Å². The Labute approximate surface area is 144 Å². The summed E-state index contributed by atoms with van der Waals surface area (Å²) in [7, 11) is 0. The van der Waals surface area contributed by atoms with Crippen LogP contribution in [0, 0.1) is 20.2 Å². The molecule has 2 aromatic heterocycles. The molecule has 4 aromatic rings. The van der Waals surface area contributed by atoms with Gasteiger partial charge in [-0.05, 0) is 24.3 Å². The Balaban J connectivity index is 1.68. The molecule has 10 heteroatoms. The number of non-ortho nitro benzene ring substituents is 2. The molecular weight excluding hydrogens is 344 g/mol. The Morgan fingerprint density at radius 2 is 1.42 bits per heavy atom. The molecule has 128 valence electrons. The highest BCUT2D eigenvalue weighted by atomic mass is 16.6. The van der Waals surface area contributed by atoms with Gasteiger partial charge in [-0.2, -0.15) is 0 Å². The van der Waals surface area contributed by atoms with Crippen molar-refractivity contribution in [3.05, 3.63) is 68.8 Å². The zero-order valence-corrected chi connectivity index (χ0v) is 12.9. The highest BCUT2D eigenvalue weighted by Gasteiger charge is 2.17. The lowest BCUT2D eigenvalue weighted by Crippen LogP contribution is -1.87. The summed E-state index contributed by atoms with van der Waals surface area (Å²) >= 11 is 0. The van der Waals surface area contributed by atoms with Gasteiger partial charge in [0.15, 0.2) is 5.76 Å². The third-order valence-electron chi connectivity index (χ3n) is 3.67. The molecule has 0 unspecified atom stereocenters. The average molecular weight is 352 g/mol. The zero-order valence-electron chi connectivity index (χ0n) is 12.9. The third-order valence-corrected chi connectivity index (χ3v) is 3.67. The van der Waals surface area contributed by atoms with E-state index in [1.54, 1.807) is 6.07 Å². The molecule has 0 saturated heterocycles. The molecule has 4 rings (SSSR count). The lowest BCUT2D eigenvalue weighted by atomic mass is 10.2. The van der Waals surface area contributed by atoms with Crippen LogP contribution in [0.4, 0.5) is 11.4 Å². The predicted molar refractivity (Wildman–Crippen MR) is 88.3 cm³/mol. The van der Waals surface area contributed by atoms with Gasteiger partial charge in [0, 0.05) is 35.2 Å². The van der Waals surface area contributed by atoms with Crippen LogP contribution < -0.4 is 0 Å². The lowest BCUT2D eigenvalue weighted by Gasteiger charge is -1.94. The Kier molecular flexibility index (Phi) is 3.43. The maximum absolute atomic E-state index is 10.8. The van der Waals surface area contributed by atoms with Crippen molar-refractivity contribution in [2.75, 3.05) is 0 Å². The molecule has 0 radical (unpaired) electrons. The molecule has 2 aromatic carbocycles. The van der Waals surface area contributed by atoms with E-state index in [4.69, 9.17) is 8.83 Å². The summed E-state index contributed by atoms with van der Waals surface area (Å²) < 4.78 is 11.1. The maximum Gasteiger partial charge on any atom is 0.283 e. The van der Waals surface area contributed by atoms with Gasteiger partial charge in [0.2, 0.25) is 5.89 Å². The van der Waals surface area contributed by atoms with E-state index in [2.05, 4.69) is 10.2 Å². The minimum absolute atomic E-state index is 0.0487. The number of aromatic nitrogens is 2. The summed E-state index contributed by atoms with van der Waals surface area (Å²) in [4.78, 5) is 20.5. The van der Waals surface area contributed by atoms with E-state index in [0.717, 1.165) is 0 Å². The van der Waals surface area contributed by atoms with Crippen LogP contribution in [0.2, 0.25) is 0 Å². The largest absolute Gasteiger partial charge is 0.451 e. The van der Waals surface area contributed by atoms with E-state index in [-0.39, 0.29) is 28.9 Å². The minimum atomic E-state index is -0.503. The summed E-state index contributed by atoms with van der Waals surface area (Å²) in [5.41, 5.74) is 0.858. The molecule has 0 atom stereocenters. The van der Waals surface area contributed by atoms with Gasteiger partial charge < -0.3 is 8.83 Å². The first-order chi connectivity index (χ1) is 12.5. The normalized spacial score (nSPS) is 10.9. The van der Waals surface area contributed by atoms with Crippen molar-refractivity contribution in [2.45, 2.75) is 0 Å². The number of fused-ring (bicyclic) bond motifs is 1. The van der Waals surface area contributed by atoms with Crippen LogP contribution >= 0.6 is 0 Å². The van der Waals surface area contributed by atoms with Gasteiger partial charge >= 0.3 is 0 Å². The molecular formula is C16H8N4O6. The number of nitrogens with zero attached hydrogens (tertiary/aromatic N) is 4. The zero-order chi connectivity index (χ0) is 18.3. The number of nitro groups is 2. The van der Waals surface area contributed by atoms with Crippen molar-refractivity contribution in [1.82, 2.24) is 10.2 Å². The molecule has 0 aliphatic rings. The molecule has 26 heavy (non-hydrogen) atoms. The van der Waals surface area contributed by atoms with Crippen molar-refractivity contribution in [2.24, 2.45) is 0 Å². The fraction of sp³-hybridized carbons (Fsp3) is 0. The number of furan rings is 1. The number of nitro benzene ring substituents is 2. The van der Waals surface area contributed by atoms with Crippen molar-refractivity contribution >= 4 is 22.3 Å². The Morgan fingerprint density at radius 3 is 2.12 bits per heavy atom. The van der Waals surface area contributed by atoms with Gasteiger partial charge in [0.1, 0.15) is 5.58 Å². The lowest BCUT2D eigenvalue weighted by molar-refractivity contribution is -0.385. The summed E-state index contributed by atoms with van der Waals surface area (Å²) in [5, 5.41) is 29.9. The van der Waals surface area contributed by atoms with E-state index in [1.165, 1.54) is 42.5 Å². The monoisotopic (exact) mass is 352 g/mol. The summed E-state index contributed by atoms with van der Waals surface area (Å²) in [6.07, 6.45) is 0. The van der Waals surface area contributed by atoms with Gasteiger partial charge in [-0.25, -0.2) is 0 Å². The van der Waals surface area contributed by atoms with Crippen LogP contribution in [0.25, 0.3) is 34.1 Å². The molecule has 0 aliphatic carbocycles. The number of hydrogen-bond donors (Lipinski definition) is 0. The van der Waals surface area contributed by atoms with Crippen molar-refractivity contribution in [1.29, 1.82) is 0 Å². The molecule has 0 saturated carbocycles. The van der Waals surface area contributed by atoms with Crippen LogP contribution in [0.5, 0.6) is 0 Å². The predicted octanol–water partition coefficient (Wildman–Crippen LogP) is 3.97. The first-order valence-electron chi connectivity index (χ1n) is 7.28. The maximum atomic E-state index is 10.8. The highest BCUT2D eigenvalue weighted by molar-refractivity contribution is 5.83. The average Bonchev–Trinajstić information content (AvgIpc) is 3.27. The number of benzene rings is 2. The van der Waals surface area contributed by atoms with E-state index < -0.39 is 9.85 Å². The minimum Gasteiger partial charge on any atom is -0.451 e. The fourth-order valence-corrected chi connectivity index (χ4v) is 2.41. The van der Waals surface area contributed by atoms with Gasteiger partial charge in [-0.1, -0.05) is 0 Å². The van der Waals surface area contributed by atoms with Gasteiger partial charge in [-0.15, -0.1) is 10.2 Å². The third kappa shape index (κ3) is 2.65. The topological polar surface area (TPSA) is 138 Å². The first-order valence-corrected chi connectivity index (χ1v) is 7.28. The van der Waals surface area contributed by atoms with Crippen LogP contribution in [0.1, 0.15) is 0 Å². The second kappa shape index (κ2) is 5.77. The quantitative estimate of drug-likeness (QED) is 0.397. The van der Waals surface area contributed by atoms with Crippen molar-refractivity contribution in [3.8, 4) is 23.1 Å². The van der Waals surface area contributed by atoms with Crippen LogP contribution in [-0.2, 0) is 0 Å². The van der Waals surface area contributed by atoms with Gasteiger partial charge in [-0.3, -0.25) is 20.2 Å². The molecule has 0 fully saturated rings. The second-order valence-corrected chi connectivity index (χ2v) is 5.31. The van der Waals surface area contributed by atoms with E-state index >= 15 is 0 Å². The Morgan fingerprint density at radius 1 is 0.769 bits per heavy atom. The molecule has 0 spiro atoms. The molecule has 0 bridgehead atoms. The summed E-state index contributed by atoms with van der Waals surface area (Å²) in [5.74, 6) is 0.528. The molecule has 0 amide bonds. The molecule has 0 N–H and O–H groups in total. The van der Waals surface area contributed by atoms with E-state index in [9.17, 15) is 20.2 Å². The molecule has 10 nitrogen and oxygen atoms in total. The van der Waals surface area contributed by atoms with Crippen LogP contribution in [0.3, 0.4) is 0 Å². The van der Waals surface area contributed by atoms with Crippen molar-refractivity contribution < 1.29 is 18.7 Å². The van der Waals surface area contributed by atoms with E-state index in [1.807, 2.05) is 0 Å². The first kappa shape index (κ1) is 15.4. The smallest absolute Gasteiger partial charge is 0.283 e. The SMILES string of the molecule is O=[N+]([O-])c1ccc(-c2nnc(-c3cc4cc([N+](=O)[O-])ccc4o3)o2)cc1. The second-order valence-electron chi connectivity index (χ2n) is 5.31. The Hall–Kier alpha value is -4.08. The molecule has 2 heterocycles. The van der Waals surface area contributed by atoms with Gasteiger partial charge in [0.05, 0.1) is 9.85 Å². The number of rotatable bonds is 4. The molecule has 0 aliphatic heterocycles. The summed E-state index contributed by atoms with van der Waals surface area (Å²) in [6, 6.07) is 11.4. The fourth-order valence-electron chi connectivity index (χ4n) is 2.41. The van der Waals surface area contributed by atoms with E-state index in [0.29, 0.717) is 16.5 Å².